The first kappa shape index (κ1) is 19.1. The molecule has 104 valence electrons. The molecule has 0 spiro atoms. The topological polar surface area (TPSA) is 29.5 Å². The van der Waals surface area contributed by atoms with Crippen molar-refractivity contribution in [3.05, 3.63) is 0 Å². The number of halogens is 1. The first-order chi connectivity index (χ1) is 7.65. The molecule has 0 bridgehead atoms. The van der Waals surface area contributed by atoms with E-state index in [1.54, 1.807) is 0 Å². The molecule has 0 amide bonds. The van der Waals surface area contributed by atoms with Crippen molar-refractivity contribution in [1.82, 2.24) is 4.90 Å². The zero-order valence-electron chi connectivity index (χ0n) is 11.7. The molecule has 1 atom stereocenters. The first-order valence-electron chi connectivity index (χ1n) is 6.59. The molecular weight excluding hydrogens is 238 g/mol. The minimum absolute atomic E-state index is 0. The van der Waals surface area contributed by atoms with Gasteiger partial charge in [-0.2, -0.15) is 0 Å². The van der Waals surface area contributed by atoms with Crippen molar-refractivity contribution in [3.8, 4) is 0 Å². The van der Waals surface area contributed by atoms with E-state index in [0.717, 1.165) is 25.9 Å². The fraction of sp³-hybridized carbons (Fsp3) is 0.923. The predicted molar refractivity (Wildman–Crippen MR) is 74.5 cm³/mol. The summed E-state index contributed by atoms with van der Waals surface area (Å²) < 4.78 is 5.36. The van der Waals surface area contributed by atoms with Crippen LogP contribution in [0.3, 0.4) is 0 Å². The van der Waals surface area contributed by atoms with Gasteiger partial charge in [0.2, 0.25) is 0 Å². The summed E-state index contributed by atoms with van der Waals surface area (Å²) in [5.74, 6) is -0.0597. The zero-order valence-corrected chi connectivity index (χ0v) is 12.5. The average molecular weight is 266 g/mol. The Morgan fingerprint density at radius 2 is 1.71 bits per heavy atom. The lowest BCUT2D eigenvalue weighted by Crippen LogP contribution is -2.36. The number of carbonyl (C=O) groups is 1. The maximum absolute atomic E-state index is 11.5. The monoisotopic (exact) mass is 265 g/mol. The molecule has 0 aliphatic rings. The first-order valence-corrected chi connectivity index (χ1v) is 6.59. The van der Waals surface area contributed by atoms with E-state index in [2.05, 4.69) is 25.7 Å². The largest absolute Gasteiger partial charge is 0.447 e. The van der Waals surface area contributed by atoms with Crippen molar-refractivity contribution in [3.63, 3.8) is 0 Å². The van der Waals surface area contributed by atoms with E-state index < -0.39 is 0 Å². The fourth-order valence-corrected chi connectivity index (χ4v) is 1.76. The lowest BCUT2D eigenvalue weighted by Gasteiger charge is -2.25. The van der Waals surface area contributed by atoms with Gasteiger partial charge in [0.05, 0.1) is 0 Å². The van der Waals surface area contributed by atoms with Crippen molar-refractivity contribution >= 4 is 18.4 Å². The van der Waals surface area contributed by atoms with Gasteiger partial charge in [-0.1, -0.05) is 40.0 Å². The molecule has 0 N–H and O–H groups in total. The highest BCUT2D eigenvalue weighted by molar-refractivity contribution is 5.85. The van der Waals surface area contributed by atoms with Crippen LogP contribution in [0.1, 0.15) is 59.8 Å². The van der Waals surface area contributed by atoms with E-state index in [4.69, 9.17) is 4.74 Å². The normalized spacial score (nSPS) is 12.1. The Morgan fingerprint density at radius 3 is 2.18 bits per heavy atom. The molecule has 0 rings (SSSR count). The second kappa shape index (κ2) is 12.2. The highest BCUT2D eigenvalue weighted by atomic mass is 35.5. The van der Waals surface area contributed by atoms with Crippen LogP contribution >= 0.6 is 12.4 Å². The standard InChI is InChI=1S/C13H27NO2.ClH/c1-5-8-9-10-11-13(15)16-12(4)14(6-2)7-3;/h12H,5-11H2,1-4H3;1H. The van der Waals surface area contributed by atoms with Crippen molar-refractivity contribution in [2.24, 2.45) is 0 Å². The molecule has 0 aliphatic carbocycles. The van der Waals surface area contributed by atoms with Crippen LogP contribution in [0.5, 0.6) is 0 Å². The van der Waals surface area contributed by atoms with Crippen LogP contribution in [0.2, 0.25) is 0 Å². The van der Waals surface area contributed by atoms with Gasteiger partial charge >= 0.3 is 5.97 Å². The summed E-state index contributed by atoms with van der Waals surface area (Å²) in [7, 11) is 0. The van der Waals surface area contributed by atoms with Crippen molar-refractivity contribution in [1.29, 1.82) is 0 Å². The van der Waals surface area contributed by atoms with Crippen LogP contribution in [-0.4, -0.2) is 30.2 Å². The minimum atomic E-state index is -0.0892. The van der Waals surface area contributed by atoms with Crippen LogP contribution in [-0.2, 0) is 9.53 Å². The molecular formula is C13H28ClNO2. The summed E-state index contributed by atoms with van der Waals surface area (Å²) in [6.07, 6.45) is 4.96. The van der Waals surface area contributed by atoms with Crippen LogP contribution in [0.15, 0.2) is 0 Å². The molecule has 0 aromatic rings. The highest BCUT2D eigenvalue weighted by Crippen LogP contribution is 2.06. The summed E-state index contributed by atoms with van der Waals surface area (Å²) in [5.41, 5.74) is 0. The lowest BCUT2D eigenvalue weighted by molar-refractivity contribution is -0.157. The third-order valence-electron chi connectivity index (χ3n) is 2.86. The maximum atomic E-state index is 11.5. The second-order valence-electron chi connectivity index (χ2n) is 4.12. The lowest BCUT2D eigenvalue weighted by atomic mass is 10.2. The zero-order chi connectivity index (χ0) is 12.4. The minimum Gasteiger partial charge on any atom is -0.447 e. The number of nitrogens with zero attached hydrogens (tertiary/aromatic N) is 1. The molecule has 3 nitrogen and oxygen atoms in total. The molecule has 0 heterocycles. The summed E-state index contributed by atoms with van der Waals surface area (Å²) in [6, 6.07) is 0. The molecule has 0 saturated heterocycles. The van der Waals surface area contributed by atoms with E-state index in [1.807, 2.05) is 6.92 Å². The third kappa shape index (κ3) is 9.42. The number of hydrogen-bond donors (Lipinski definition) is 0. The molecule has 0 radical (unpaired) electrons. The van der Waals surface area contributed by atoms with Crippen molar-refractivity contribution in [2.45, 2.75) is 66.0 Å². The molecule has 0 aromatic heterocycles. The Bertz CT molecular complexity index is 184. The SMILES string of the molecule is CCCCCCC(=O)OC(C)N(CC)CC.Cl. The van der Waals surface area contributed by atoms with Gasteiger partial charge in [-0.3, -0.25) is 9.69 Å². The van der Waals surface area contributed by atoms with Crippen LogP contribution in [0.4, 0.5) is 0 Å². The third-order valence-corrected chi connectivity index (χ3v) is 2.86. The van der Waals surface area contributed by atoms with Crippen LogP contribution in [0, 0.1) is 0 Å². The van der Waals surface area contributed by atoms with E-state index >= 15 is 0 Å². The Hall–Kier alpha value is -0.280. The van der Waals surface area contributed by atoms with Gasteiger partial charge in [0.25, 0.3) is 0 Å². The second-order valence-corrected chi connectivity index (χ2v) is 4.12. The van der Waals surface area contributed by atoms with E-state index in [-0.39, 0.29) is 24.6 Å². The van der Waals surface area contributed by atoms with Crippen molar-refractivity contribution < 1.29 is 9.53 Å². The number of esters is 1. The molecule has 0 aromatic carbocycles. The summed E-state index contributed by atoms with van der Waals surface area (Å²) in [5, 5.41) is 0. The molecule has 0 saturated carbocycles. The van der Waals surface area contributed by atoms with Gasteiger partial charge in [0, 0.05) is 6.42 Å². The Balaban J connectivity index is 0. The number of unbranched alkanes of at least 4 members (excludes halogenated alkanes) is 3. The highest BCUT2D eigenvalue weighted by Gasteiger charge is 2.14. The van der Waals surface area contributed by atoms with Gasteiger partial charge < -0.3 is 4.74 Å². The van der Waals surface area contributed by atoms with E-state index in [1.165, 1.54) is 12.8 Å². The molecule has 17 heavy (non-hydrogen) atoms. The Kier molecular flexibility index (Phi) is 13.7. The van der Waals surface area contributed by atoms with Gasteiger partial charge in [-0.25, -0.2) is 0 Å². The number of rotatable bonds is 9. The Morgan fingerprint density at radius 1 is 1.12 bits per heavy atom. The van der Waals surface area contributed by atoms with Crippen LogP contribution < -0.4 is 0 Å². The molecule has 1 unspecified atom stereocenters. The van der Waals surface area contributed by atoms with Gasteiger partial charge in [0.1, 0.15) is 0 Å². The van der Waals surface area contributed by atoms with Crippen LogP contribution in [0.25, 0.3) is 0 Å². The summed E-state index contributed by atoms with van der Waals surface area (Å²) in [6.45, 7) is 10.1. The van der Waals surface area contributed by atoms with Gasteiger partial charge in [-0.05, 0) is 26.4 Å². The molecule has 0 aliphatic heterocycles. The number of hydrogen-bond acceptors (Lipinski definition) is 3. The fourth-order valence-electron chi connectivity index (χ4n) is 1.76. The van der Waals surface area contributed by atoms with Gasteiger partial charge in [-0.15, -0.1) is 12.4 Å². The predicted octanol–water partition coefficient (Wildman–Crippen LogP) is 3.61. The Labute approximate surface area is 112 Å². The number of carbonyl (C=O) groups excluding carboxylic acids is 1. The van der Waals surface area contributed by atoms with Gasteiger partial charge in [0.15, 0.2) is 6.23 Å². The average Bonchev–Trinajstić information content (AvgIpc) is 2.26. The van der Waals surface area contributed by atoms with E-state index in [0.29, 0.717) is 6.42 Å². The maximum Gasteiger partial charge on any atom is 0.307 e. The quantitative estimate of drug-likeness (QED) is 0.362. The summed E-state index contributed by atoms with van der Waals surface area (Å²) in [4.78, 5) is 13.6. The van der Waals surface area contributed by atoms with Crippen molar-refractivity contribution in [2.75, 3.05) is 13.1 Å². The molecule has 4 heteroatoms. The summed E-state index contributed by atoms with van der Waals surface area (Å²) >= 11 is 0. The van der Waals surface area contributed by atoms with E-state index in [9.17, 15) is 4.79 Å². The smallest absolute Gasteiger partial charge is 0.307 e. The number of ether oxygens (including phenoxy) is 1. The molecule has 0 fully saturated rings.